The van der Waals surface area contributed by atoms with Crippen molar-refractivity contribution in [1.82, 2.24) is 19.6 Å². The van der Waals surface area contributed by atoms with E-state index >= 15 is 0 Å². The second kappa shape index (κ2) is 11.5. The number of methoxy groups -OCH3 is 2. The van der Waals surface area contributed by atoms with Crippen LogP contribution in [0.5, 0.6) is 5.75 Å². The lowest BCUT2D eigenvalue weighted by molar-refractivity contribution is -0.143. The molecule has 33 heavy (non-hydrogen) atoms. The Hall–Kier alpha value is -3.40. The van der Waals surface area contributed by atoms with Crippen molar-refractivity contribution in [3.63, 3.8) is 0 Å². The fourth-order valence-corrected chi connectivity index (χ4v) is 3.58. The van der Waals surface area contributed by atoms with E-state index in [-0.39, 0.29) is 51.0 Å². The summed E-state index contributed by atoms with van der Waals surface area (Å²) in [5.74, 6) is -0.145. The molecule has 0 spiro atoms. The Kier molecular flexibility index (Phi) is 8.42. The average Bonchev–Trinajstić information content (AvgIpc) is 3.15. The van der Waals surface area contributed by atoms with Gasteiger partial charge in [-0.05, 0) is 30.7 Å². The van der Waals surface area contributed by atoms with Gasteiger partial charge in [-0.2, -0.15) is 5.10 Å². The average molecular weight is 459 g/mol. The van der Waals surface area contributed by atoms with Crippen LogP contribution in [0.15, 0.2) is 36.5 Å². The summed E-state index contributed by atoms with van der Waals surface area (Å²) < 4.78 is 17.6. The lowest BCUT2D eigenvalue weighted by Gasteiger charge is -2.24. The third-order valence-corrected chi connectivity index (χ3v) is 5.38. The van der Waals surface area contributed by atoms with E-state index in [2.05, 4.69) is 5.10 Å². The van der Waals surface area contributed by atoms with Crippen molar-refractivity contribution in [2.24, 2.45) is 0 Å². The minimum absolute atomic E-state index is 0.0336. The van der Waals surface area contributed by atoms with Gasteiger partial charge in [0, 0.05) is 25.8 Å². The van der Waals surface area contributed by atoms with Crippen molar-refractivity contribution < 1.29 is 28.6 Å². The topological polar surface area (TPSA) is 103 Å². The number of carbonyl (C=O) groups excluding carboxylic acids is 3. The van der Waals surface area contributed by atoms with Crippen molar-refractivity contribution >= 4 is 17.8 Å². The molecule has 1 aliphatic heterocycles. The molecular formula is C23H30N4O6. The molecule has 2 amide bonds. The maximum Gasteiger partial charge on any atom is 0.307 e. The molecule has 0 N–H and O–H groups in total. The van der Waals surface area contributed by atoms with E-state index < -0.39 is 12.1 Å². The van der Waals surface area contributed by atoms with E-state index in [1.54, 1.807) is 22.9 Å². The molecular weight excluding hydrogens is 428 g/mol. The number of hydrogen-bond acceptors (Lipinski definition) is 7. The van der Waals surface area contributed by atoms with Gasteiger partial charge in [-0.3, -0.25) is 19.1 Å². The fourth-order valence-electron chi connectivity index (χ4n) is 3.58. The Morgan fingerprint density at radius 3 is 2.70 bits per heavy atom. The van der Waals surface area contributed by atoms with E-state index in [0.29, 0.717) is 6.61 Å². The Morgan fingerprint density at radius 2 is 2.00 bits per heavy atom. The SMILES string of the molecule is COC(=O)CCN1CC(OCc2cccc(OC)c2)CN(C(=O)Cn2ccc(C)n2)CC1=O. The molecule has 1 unspecified atom stereocenters. The molecule has 0 saturated carbocycles. The summed E-state index contributed by atoms with van der Waals surface area (Å²) in [5.41, 5.74) is 1.72. The first-order valence-electron chi connectivity index (χ1n) is 10.7. The number of nitrogens with zero attached hydrogens (tertiary/aromatic N) is 4. The highest BCUT2D eigenvalue weighted by molar-refractivity contribution is 5.85. The van der Waals surface area contributed by atoms with Crippen molar-refractivity contribution in [3.8, 4) is 5.75 Å². The van der Waals surface area contributed by atoms with Crippen LogP contribution < -0.4 is 4.74 Å². The molecule has 0 bridgehead atoms. The van der Waals surface area contributed by atoms with Gasteiger partial charge < -0.3 is 24.0 Å². The van der Waals surface area contributed by atoms with Crippen LogP contribution in [-0.4, -0.2) is 83.9 Å². The Morgan fingerprint density at radius 1 is 1.18 bits per heavy atom. The lowest BCUT2D eigenvalue weighted by atomic mass is 10.2. The van der Waals surface area contributed by atoms with Crippen molar-refractivity contribution in [1.29, 1.82) is 0 Å². The van der Waals surface area contributed by atoms with Crippen LogP contribution in [0.2, 0.25) is 0 Å². The molecule has 2 aromatic rings. The summed E-state index contributed by atoms with van der Waals surface area (Å²) in [4.78, 5) is 40.5. The number of aryl methyl sites for hydroxylation is 1. The largest absolute Gasteiger partial charge is 0.497 e. The normalized spacial score (nSPS) is 16.5. The van der Waals surface area contributed by atoms with Crippen molar-refractivity contribution in [2.45, 2.75) is 32.6 Å². The number of hydrogen-bond donors (Lipinski definition) is 0. The maximum absolute atomic E-state index is 12.9. The van der Waals surface area contributed by atoms with Gasteiger partial charge >= 0.3 is 5.97 Å². The minimum Gasteiger partial charge on any atom is -0.497 e. The fraction of sp³-hybridized carbons (Fsp3) is 0.478. The number of carbonyl (C=O) groups is 3. The molecule has 2 heterocycles. The highest BCUT2D eigenvalue weighted by Crippen LogP contribution is 2.16. The molecule has 1 aromatic carbocycles. The van der Waals surface area contributed by atoms with Gasteiger partial charge in [-0.15, -0.1) is 0 Å². The van der Waals surface area contributed by atoms with Crippen LogP contribution in [0.1, 0.15) is 17.7 Å². The third kappa shape index (κ3) is 7.04. The zero-order valence-corrected chi connectivity index (χ0v) is 19.2. The molecule has 3 rings (SSSR count). The standard InChI is InChI=1S/C23H30N4O6/c1-17-7-10-27(24-17)15-22(29)26-13-20(33-16-18-5-4-6-19(11-18)31-2)12-25(21(28)14-26)9-8-23(30)32-3/h4-7,10-11,20H,8-9,12-16H2,1-3H3. The number of amides is 2. The van der Waals surface area contributed by atoms with Crippen LogP contribution >= 0.6 is 0 Å². The molecule has 10 heteroatoms. The number of esters is 1. The van der Waals surface area contributed by atoms with Crippen LogP contribution in [0.3, 0.4) is 0 Å². The first-order valence-corrected chi connectivity index (χ1v) is 10.7. The molecule has 1 atom stereocenters. The zero-order chi connectivity index (χ0) is 23.8. The highest BCUT2D eigenvalue weighted by atomic mass is 16.5. The number of ether oxygens (including phenoxy) is 3. The van der Waals surface area contributed by atoms with Gasteiger partial charge in [-0.25, -0.2) is 0 Å². The Bertz CT molecular complexity index is 975. The second-order valence-electron chi connectivity index (χ2n) is 7.88. The summed E-state index contributed by atoms with van der Waals surface area (Å²) in [5, 5.41) is 4.25. The van der Waals surface area contributed by atoms with Gasteiger partial charge in [0.25, 0.3) is 0 Å². The summed E-state index contributed by atoms with van der Waals surface area (Å²) in [6.45, 7) is 2.81. The molecule has 0 radical (unpaired) electrons. The number of aromatic nitrogens is 2. The zero-order valence-electron chi connectivity index (χ0n) is 19.2. The van der Waals surface area contributed by atoms with Crippen LogP contribution in [0.25, 0.3) is 0 Å². The summed E-state index contributed by atoms with van der Waals surface area (Å²) in [7, 11) is 2.91. The maximum atomic E-state index is 12.9. The summed E-state index contributed by atoms with van der Waals surface area (Å²) in [6.07, 6.45) is 1.38. The molecule has 10 nitrogen and oxygen atoms in total. The van der Waals surface area contributed by atoms with Gasteiger partial charge in [0.05, 0.1) is 45.6 Å². The summed E-state index contributed by atoms with van der Waals surface area (Å²) in [6, 6.07) is 9.33. The van der Waals surface area contributed by atoms with Gasteiger partial charge in [0.1, 0.15) is 12.3 Å². The van der Waals surface area contributed by atoms with Gasteiger partial charge in [-0.1, -0.05) is 12.1 Å². The lowest BCUT2D eigenvalue weighted by Crippen LogP contribution is -2.41. The van der Waals surface area contributed by atoms with E-state index in [9.17, 15) is 14.4 Å². The first-order chi connectivity index (χ1) is 15.9. The number of benzene rings is 1. The molecule has 1 aliphatic rings. The third-order valence-electron chi connectivity index (χ3n) is 5.38. The second-order valence-corrected chi connectivity index (χ2v) is 7.88. The first kappa shape index (κ1) is 24.2. The quantitative estimate of drug-likeness (QED) is 0.517. The van der Waals surface area contributed by atoms with Crippen molar-refractivity contribution in [2.75, 3.05) is 40.4 Å². The van der Waals surface area contributed by atoms with Gasteiger partial charge in [0.2, 0.25) is 11.8 Å². The van der Waals surface area contributed by atoms with E-state index in [0.717, 1.165) is 17.0 Å². The van der Waals surface area contributed by atoms with Crippen LogP contribution in [0.4, 0.5) is 0 Å². The monoisotopic (exact) mass is 458 g/mol. The number of rotatable bonds is 9. The van der Waals surface area contributed by atoms with Crippen molar-refractivity contribution in [3.05, 3.63) is 47.8 Å². The molecule has 1 saturated heterocycles. The molecule has 178 valence electrons. The summed E-state index contributed by atoms with van der Waals surface area (Å²) >= 11 is 0. The smallest absolute Gasteiger partial charge is 0.307 e. The van der Waals surface area contributed by atoms with E-state index in [1.165, 1.54) is 12.0 Å². The molecule has 1 aromatic heterocycles. The van der Waals surface area contributed by atoms with E-state index in [1.807, 2.05) is 37.3 Å². The Labute approximate surface area is 193 Å². The van der Waals surface area contributed by atoms with Crippen LogP contribution in [-0.2, 0) is 37.0 Å². The molecule has 1 fully saturated rings. The van der Waals surface area contributed by atoms with Gasteiger partial charge in [0.15, 0.2) is 0 Å². The minimum atomic E-state index is -0.427. The van der Waals surface area contributed by atoms with Crippen LogP contribution in [0, 0.1) is 6.92 Å². The molecule has 0 aliphatic carbocycles. The predicted octanol–water partition coefficient (Wildman–Crippen LogP) is 1.02. The predicted molar refractivity (Wildman–Crippen MR) is 118 cm³/mol. The Balaban J connectivity index is 1.71. The highest BCUT2D eigenvalue weighted by Gasteiger charge is 2.31. The van der Waals surface area contributed by atoms with E-state index in [4.69, 9.17) is 14.2 Å².